The lowest BCUT2D eigenvalue weighted by Gasteiger charge is -2.22. The number of aromatic nitrogens is 1. The lowest BCUT2D eigenvalue weighted by molar-refractivity contribution is -0.129. The molecule has 1 atom stereocenters. The zero-order valence-electron chi connectivity index (χ0n) is 10.6. The summed E-state index contributed by atoms with van der Waals surface area (Å²) < 4.78 is 0. The van der Waals surface area contributed by atoms with Crippen LogP contribution >= 0.6 is 0 Å². The minimum atomic E-state index is -0.204. The van der Waals surface area contributed by atoms with Crippen LogP contribution in [0.2, 0.25) is 0 Å². The Bertz CT molecular complexity index is 473. The molecule has 2 rings (SSSR count). The van der Waals surface area contributed by atoms with Crippen LogP contribution in [0.3, 0.4) is 0 Å². The zero-order chi connectivity index (χ0) is 13.1. The highest BCUT2D eigenvalue weighted by Gasteiger charge is 2.29. The Morgan fingerprint density at radius 3 is 2.89 bits per heavy atom. The van der Waals surface area contributed by atoms with Gasteiger partial charge in [-0.05, 0) is 25.0 Å². The van der Waals surface area contributed by atoms with E-state index in [-0.39, 0.29) is 17.9 Å². The molecule has 96 valence electrons. The molecule has 1 aliphatic rings. The number of rotatable bonds is 2. The molecule has 5 heteroatoms. The van der Waals surface area contributed by atoms with Crippen LogP contribution in [0.15, 0.2) is 18.2 Å². The van der Waals surface area contributed by atoms with Crippen LogP contribution < -0.4 is 5.32 Å². The highest BCUT2D eigenvalue weighted by atomic mass is 16.2. The van der Waals surface area contributed by atoms with E-state index in [0.717, 1.165) is 25.1 Å². The van der Waals surface area contributed by atoms with E-state index in [1.54, 1.807) is 20.0 Å². The number of amides is 2. The summed E-state index contributed by atoms with van der Waals surface area (Å²) in [4.78, 5) is 29.2. The molecular formula is C13H17N3O2. The van der Waals surface area contributed by atoms with Crippen LogP contribution in [0, 0.1) is 0 Å². The van der Waals surface area contributed by atoms with Gasteiger partial charge in [-0.25, -0.2) is 4.98 Å². The average Bonchev–Trinajstić information content (AvgIpc) is 2.87. The molecule has 18 heavy (non-hydrogen) atoms. The van der Waals surface area contributed by atoms with E-state index in [1.807, 2.05) is 17.0 Å². The van der Waals surface area contributed by atoms with Gasteiger partial charge in [-0.15, -0.1) is 0 Å². The molecule has 0 spiro atoms. The lowest BCUT2D eigenvalue weighted by Crippen LogP contribution is -2.29. The van der Waals surface area contributed by atoms with Gasteiger partial charge in [0.25, 0.3) is 5.91 Å². The molecule has 5 nitrogen and oxygen atoms in total. The van der Waals surface area contributed by atoms with Gasteiger partial charge < -0.3 is 10.2 Å². The van der Waals surface area contributed by atoms with Gasteiger partial charge in [-0.2, -0.15) is 0 Å². The second-order valence-corrected chi connectivity index (χ2v) is 4.40. The Kier molecular flexibility index (Phi) is 3.60. The number of likely N-dealkylation sites (tertiary alicyclic amines) is 1. The van der Waals surface area contributed by atoms with Gasteiger partial charge in [-0.3, -0.25) is 9.59 Å². The Labute approximate surface area is 106 Å². The van der Waals surface area contributed by atoms with Gasteiger partial charge in [0.05, 0.1) is 11.7 Å². The summed E-state index contributed by atoms with van der Waals surface area (Å²) in [5.74, 6) is -0.145. The van der Waals surface area contributed by atoms with E-state index < -0.39 is 0 Å². The first-order valence-electron chi connectivity index (χ1n) is 6.09. The first-order valence-corrected chi connectivity index (χ1v) is 6.09. The maximum atomic E-state index is 11.5. The third-order valence-corrected chi connectivity index (χ3v) is 3.23. The SMILES string of the molecule is CNC(=O)c1cccc([C@H]2CCCN2C(C)=O)n1. The fourth-order valence-corrected chi connectivity index (χ4v) is 2.34. The summed E-state index contributed by atoms with van der Waals surface area (Å²) in [6.45, 7) is 2.34. The second-order valence-electron chi connectivity index (χ2n) is 4.40. The minimum absolute atomic E-state index is 0.00658. The Morgan fingerprint density at radius 2 is 2.22 bits per heavy atom. The van der Waals surface area contributed by atoms with Crippen LogP contribution in [-0.4, -0.2) is 35.3 Å². The van der Waals surface area contributed by atoms with E-state index >= 15 is 0 Å². The van der Waals surface area contributed by atoms with Gasteiger partial charge in [0, 0.05) is 20.5 Å². The third-order valence-electron chi connectivity index (χ3n) is 3.23. The predicted molar refractivity (Wildman–Crippen MR) is 67.0 cm³/mol. The van der Waals surface area contributed by atoms with Crippen molar-refractivity contribution in [3.63, 3.8) is 0 Å². The number of carbonyl (C=O) groups is 2. The fourth-order valence-electron chi connectivity index (χ4n) is 2.34. The molecule has 0 aromatic carbocycles. The molecule has 1 saturated heterocycles. The monoisotopic (exact) mass is 247 g/mol. The number of nitrogens with zero attached hydrogens (tertiary/aromatic N) is 2. The molecule has 0 aliphatic carbocycles. The minimum Gasteiger partial charge on any atom is -0.354 e. The maximum absolute atomic E-state index is 11.5. The molecule has 0 unspecified atom stereocenters. The molecule has 1 aromatic heterocycles. The molecule has 1 aliphatic heterocycles. The largest absolute Gasteiger partial charge is 0.354 e. The van der Waals surface area contributed by atoms with Crippen molar-refractivity contribution in [2.24, 2.45) is 0 Å². The van der Waals surface area contributed by atoms with Crippen molar-refractivity contribution in [1.29, 1.82) is 0 Å². The van der Waals surface area contributed by atoms with E-state index in [0.29, 0.717) is 5.69 Å². The Morgan fingerprint density at radius 1 is 1.44 bits per heavy atom. The topological polar surface area (TPSA) is 62.3 Å². The smallest absolute Gasteiger partial charge is 0.269 e. The molecule has 2 heterocycles. The molecule has 0 radical (unpaired) electrons. The highest BCUT2D eigenvalue weighted by Crippen LogP contribution is 2.30. The molecule has 0 saturated carbocycles. The first kappa shape index (κ1) is 12.5. The normalized spacial score (nSPS) is 18.8. The predicted octanol–water partition coefficient (Wildman–Crippen LogP) is 1.12. The van der Waals surface area contributed by atoms with Gasteiger partial charge >= 0.3 is 0 Å². The summed E-state index contributed by atoms with van der Waals surface area (Å²) >= 11 is 0. The summed E-state index contributed by atoms with van der Waals surface area (Å²) in [6.07, 6.45) is 1.89. The first-order chi connectivity index (χ1) is 8.63. The van der Waals surface area contributed by atoms with Crippen molar-refractivity contribution in [1.82, 2.24) is 15.2 Å². The molecule has 2 amide bonds. The Hall–Kier alpha value is -1.91. The summed E-state index contributed by atoms with van der Waals surface area (Å²) in [5.41, 5.74) is 1.19. The average molecular weight is 247 g/mol. The number of hydrogen-bond donors (Lipinski definition) is 1. The molecule has 1 N–H and O–H groups in total. The number of pyridine rings is 1. The number of hydrogen-bond acceptors (Lipinski definition) is 3. The van der Waals surface area contributed by atoms with E-state index in [1.165, 1.54) is 0 Å². The molecular weight excluding hydrogens is 230 g/mol. The molecule has 1 aromatic rings. The van der Waals surface area contributed by atoms with Crippen LogP contribution in [0.25, 0.3) is 0 Å². The Balaban J connectivity index is 2.28. The van der Waals surface area contributed by atoms with E-state index in [4.69, 9.17) is 0 Å². The van der Waals surface area contributed by atoms with Gasteiger partial charge in [0.15, 0.2) is 0 Å². The summed E-state index contributed by atoms with van der Waals surface area (Å²) in [6, 6.07) is 5.37. The van der Waals surface area contributed by atoms with Gasteiger partial charge in [0.2, 0.25) is 5.91 Å². The number of carbonyl (C=O) groups excluding carboxylic acids is 2. The van der Waals surface area contributed by atoms with E-state index in [9.17, 15) is 9.59 Å². The van der Waals surface area contributed by atoms with Gasteiger partial charge in [-0.1, -0.05) is 6.07 Å². The standard InChI is InChI=1S/C13H17N3O2/c1-9(17)16-8-4-7-12(16)10-5-3-6-11(15-10)13(18)14-2/h3,5-6,12H,4,7-8H2,1-2H3,(H,14,18)/t12-/m1/s1. The third kappa shape index (κ3) is 2.34. The quantitative estimate of drug-likeness (QED) is 0.852. The van der Waals surface area contributed by atoms with Crippen molar-refractivity contribution in [3.05, 3.63) is 29.6 Å². The van der Waals surface area contributed by atoms with Gasteiger partial charge in [0.1, 0.15) is 5.69 Å². The van der Waals surface area contributed by atoms with Crippen molar-refractivity contribution < 1.29 is 9.59 Å². The zero-order valence-corrected chi connectivity index (χ0v) is 10.6. The van der Waals surface area contributed by atoms with Crippen molar-refractivity contribution in [3.8, 4) is 0 Å². The van der Waals surface area contributed by atoms with Crippen molar-refractivity contribution in [2.75, 3.05) is 13.6 Å². The van der Waals surface area contributed by atoms with Crippen LogP contribution in [0.5, 0.6) is 0 Å². The second kappa shape index (κ2) is 5.16. The molecule has 1 fully saturated rings. The summed E-state index contributed by atoms with van der Waals surface area (Å²) in [5, 5.41) is 2.55. The maximum Gasteiger partial charge on any atom is 0.269 e. The molecule has 0 bridgehead atoms. The highest BCUT2D eigenvalue weighted by molar-refractivity contribution is 5.92. The number of nitrogens with one attached hydrogen (secondary N) is 1. The summed E-state index contributed by atoms with van der Waals surface area (Å²) in [7, 11) is 1.58. The van der Waals surface area contributed by atoms with Crippen LogP contribution in [-0.2, 0) is 4.79 Å². The van der Waals surface area contributed by atoms with E-state index in [2.05, 4.69) is 10.3 Å². The van der Waals surface area contributed by atoms with Crippen LogP contribution in [0.1, 0.15) is 42.0 Å². The van der Waals surface area contributed by atoms with Crippen molar-refractivity contribution in [2.45, 2.75) is 25.8 Å². The van der Waals surface area contributed by atoms with Crippen molar-refractivity contribution >= 4 is 11.8 Å². The lowest BCUT2D eigenvalue weighted by atomic mass is 10.1. The van der Waals surface area contributed by atoms with Crippen LogP contribution in [0.4, 0.5) is 0 Å². The fraction of sp³-hybridized carbons (Fsp3) is 0.462.